The Morgan fingerprint density at radius 1 is 1.10 bits per heavy atom. The number of carbonyl (C=O) groups is 1. The summed E-state index contributed by atoms with van der Waals surface area (Å²) < 4.78 is 17.1. The van der Waals surface area contributed by atoms with Crippen LogP contribution in [0.3, 0.4) is 0 Å². The van der Waals surface area contributed by atoms with Crippen LogP contribution >= 0.6 is 0 Å². The molecule has 146 valence electrons. The lowest BCUT2D eigenvalue weighted by atomic mass is 10.1. The molecule has 0 aliphatic heterocycles. The minimum Gasteiger partial charge on any atom is -0.496 e. The SMILES string of the molecule is COc1ccccc1-c1cc(COC(=O)c2nn(C)c(=O)c3ccccc23)on1. The molecule has 0 N–H and O–H groups in total. The van der Waals surface area contributed by atoms with Crippen LogP contribution in [0.2, 0.25) is 0 Å². The maximum atomic E-state index is 12.6. The number of methoxy groups -OCH3 is 1. The van der Waals surface area contributed by atoms with Crippen LogP contribution in [0.15, 0.2) is 63.9 Å². The number of nitrogens with zero attached hydrogens (tertiary/aromatic N) is 3. The number of carbonyl (C=O) groups excluding carboxylic acids is 1. The molecule has 0 atom stereocenters. The molecule has 0 amide bonds. The molecule has 0 fully saturated rings. The number of benzene rings is 2. The van der Waals surface area contributed by atoms with Gasteiger partial charge in [-0.25, -0.2) is 9.48 Å². The molecule has 29 heavy (non-hydrogen) atoms. The highest BCUT2D eigenvalue weighted by Gasteiger charge is 2.18. The standard InChI is InChI=1S/C21H17N3O5/c1-24-20(25)15-8-4-3-7-14(15)19(22-24)21(26)28-12-13-11-17(23-29-13)16-9-5-6-10-18(16)27-2/h3-11H,12H2,1-2H3. The second-order valence-corrected chi connectivity index (χ2v) is 6.28. The second-order valence-electron chi connectivity index (χ2n) is 6.28. The molecule has 0 saturated heterocycles. The highest BCUT2D eigenvalue weighted by molar-refractivity contribution is 6.02. The lowest BCUT2D eigenvalue weighted by Gasteiger charge is -2.07. The summed E-state index contributed by atoms with van der Waals surface area (Å²) in [6.45, 7) is -0.125. The van der Waals surface area contributed by atoms with Gasteiger partial charge in [-0.05, 0) is 18.2 Å². The summed E-state index contributed by atoms with van der Waals surface area (Å²) in [5.74, 6) is 0.366. The predicted octanol–water partition coefficient (Wildman–Crippen LogP) is 2.95. The Morgan fingerprint density at radius 2 is 1.83 bits per heavy atom. The average Bonchev–Trinajstić information content (AvgIpc) is 3.23. The first kappa shape index (κ1) is 18.4. The van der Waals surface area contributed by atoms with E-state index >= 15 is 0 Å². The van der Waals surface area contributed by atoms with Gasteiger partial charge in [0.15, 0.2) is 18.1 Å². The number of ether oxygens (including phenoxy) is 2. The molecule has 2 heterocycles. The molecular weight excluding hydrogens is 374 g/mol. The molecule has 2 aromatic carbocycles. The van der Waals surface area contributed by atoms with Crippen molar-refractivity contribution >= 4 is 16.7 Å². The van der Waals surface area contributed by atoms with Crippen molar-refractivity contribution in [3.05, 3.63) is 76.4 Å². The topological polar surface area (TPSA) is 96.5 Å². The van der Waals surface area contributed by atoms with Crippen molar-refractivity contribution in [3.8, 4) is 17.0 Å². The minimum atomic E-state index is -0.660. The van der Waals surface area contributed by atoms with Gasteiger partial charge in [0.2, 0.25) is 0 Å². The molecule has 4 aromatic rings. The van der Waals surface area contributed by atoms with E-state index in [0.29, 0.717) is 28.0 Å². The molecule has 4 rings (SSSR count). The summed E-state index contributed by atoms with van der Waals surface area (Å²) in [6.07, 6.45) is 0. The van der Waals surface area contributed by atoms with Crippen LogP contribution in [0.5, 0.6) is 5.75 Å². The molecule has 0 bridgehead atoms. The fraction of sp³-hybridized carbons (Fsp3) is 0.143. The van der Waals surface area contributed by atoms with Crippen LogP contribution in [-0.2, 0) is 18.4 Å². The van der Waals surface area contributed by atoms with Gasteiger partial charge >= 0.3 is 5.97 Å². The Balaban J connectivity index is 1.56. The Kier molecular flexibility index (Phi) is 4.82. The number of hydrogen-bond acceptors (Lipinski definition) is 7. The monoisotopic (exact) mass is 391 g/mol. The van der Waals surface area contributed by atoms with Crippen molar-refractivity contribution in [1.29, 1.82) is 0 Å². The summed E-state index contributed by atoms with van der Waals surface area (Å²) in [5.41, 5.74) is 1.11. The van der Waals surface area contributed by atoms with Crippen molar-refractivity contribution in [2.75, 3.05) is 7.11 Å². The zero-order valence-corrected chi connectivity index (χ0v) is 15.8. The quantitative estimate of drug-likeness (QED) is 0.483. The molecule has 0 spiro atoms. The van der Waals surface area contributed by atoms with Crippen LogP contribution in [0.25, 0.3) is 22.0 Å². The highest BCUT2D eigenvalue weighted by atomic mass is 16.5. The van der Waals surface area contributed by atoms with E-state index in [1.54, 1.807) is 37.4 Å². The molecule has 0 saturated carbocycles. The van der Waals surface area contributed by atoms with Crippen LogP contribution in [0.1, 0.15) is 16.2 Å². The third-order valence-electron chi connectivity index (χ3n) is 4.44. The lowest BCUT2D eigenvalue weighted by molar-refractivity contribution is 0.0430. The Labute approximate surface area is 165 Å². The number of aromatic nitrogens is 3. The van der Waals surface area contributed by atoms with Crippen molar-refractivity contribution < 1.29 is 18.8 Å². The van der Waals surface area contributed by atoms with Gasteiger partial charge in [0, 0.05) is 24.1 Å². The first-order valence-electron chi connectivity index (χ1n) is 8.80. The Bertz CT molecular complexity index is 1260. The zero-order chi connectivity index (χ0) is 20.4. The smallest absolute Gasteiger partial charge is 0.359 e. The number of aryl methyl sites for hydroxylation is 1. The first-order valence-corrected chi connectivity index (χ1v) is 8.80. The summed E-state index contributed by atoms with van der Waals surface area (Å²) in [7, 11) is 3.06. The Hall–Kier alpha value is -3.94. The van der Waals surface area contributed by atoms with Crippen molar-refractivity contribution in [2.45, 2.75) is 6.61 Å². The molecule has 8 nitrogen and oxygen atoms in total. The first-order chi connectivity index (χ1) is 14.1. The van der Waals surface area contributed by atoms with Crippen LogP contribution in [0, 0.1) is 0 Å². The van der Waals surface area contributed by atoms with E-state index in [9.17, 15) is 9.59 Å². The second kappa shape index (κ2) is 7.59. The van der Waals surface area contributed by atoms with Gasteiger partial charge < -0.3 is 14.0 Å². The summed E-state index contributed by atoms with van der Waals surface area (Å²) >= 11 is 0. The van der Waals surface area contributed by atoms with E-state index in [-0.39, 0.29) is 17.9 Å². The van der Waals surface area contributed by atoms with Crippen molar-refractivity contribution in [3.63, 3.8) is 0 Å². The predicted molar refractivity (Wildman–Crippen MR) is 105 cm³/mol. The van der Waals surface area contributed by atoms with Crippen molar-refractivity contribution in [1.82, 2.24) is 14.9 Å². The van der Waals surface area contributed by atoms with Gasteiger partial charge in [0.25, 0.3) is 5.56 Å². The van der Waals surface area contributed by atoms with Crippen LogP contribution in [-0.4, -0.2) is 28.0 Å². The number of esters is 1. The summed E-state index contributed by atoms with van der Waals surface area (Å²) in [5, 5.41) is 8.91. The maximum Gasteiger partial charge on any atom is 0.359 e. The van der Waals surface area contributed by atoms with E-state index in [4.69, 9.17) is 14.0 Å². The normalized spacial score (nSPS) is 10.8. The maximum absolute atomic E-state index is 12.6. The molecule has 0 aliphatic carbocycles. The van der Waals surface area contributed by atoms with Crippen molar-refractivity contribution in [2.24, 2.45) is 7.05 Å². The molecular formula is C21H17N3O5. The van der Waals surface area contributed by atoms with Gasteiger partial charge in [-0.3, -0.25) is 4.79 Å². The van der Waals surface area contributed by atoms with Gasteiger partial charge in [-0.1, -0.05) is 35.5 Å². The average molecular weight is 391 g/mol. The number of fused-ring (bicyclic) bond motifs is 1. The number of hydrogen-bond donors (Lipinski definition) is 0. The number of rotatable bonds is 5. The third-order valence-corrected chi connectivity index (χ3v) is 4.44. The third kappa shape index (κ3) is 3.47. The molecule has 0 unspecified atom stereocenters. The molecule has 0 radical (unpaired) electrons. The van der Waals surface area contributed by atoms with Crippen LogP contribution in [0.4, 0.5) is 0 Å². The molecule has 2 aromatic heterocycles. The van der Waals surface area contributed by atoms with Crippen LogP contribution < -0.4 is 10.3 Å². The van der Waals surface area contributed by atoms with E-state index in [1.165, 1.54) is 7.05 Å². The van der Waals surface area contributed by atoms with E-state index in [2.05, 4.69) is 10.3 Å². The van der Waals surface area contributed by atoms with Gasteiger partial charge in [-0.2, -0.15) is 5.10 Å². The van der Waals surface area contributed by atoms with E-state index in [0.717, 1.165) is 10.2 Å². The molecule has 8 heteroatoms. The van der Waals surface area contributed by atoms with Gasteiger partial charge in [0.1, 0.15) is 11.4 Å². The summed E-state index contributed by atoms with van der Waals surface area (Å²) in [6, 6.07) is 15.8. The minimum absolute atomic E-state index is 0.0622. The molecule has 0 aliphatic rings. The van der Waals surface area contributed by atoms with E-state index < -0.39 is 5.97 Å². The number of para-hydroxylation sites is 1. The van der Waals surface area contributed by atoms with E-state index in [1.807, 2.05) is 24.3 Å². The Morgan fingerprint density at radius 3 is 2.62 bits per heavy atom. The lowest BCUT2D eigenvalue weighted by Crippen LogP contribution is -2.23. The van der Waals surface area contributed by atoms with Gasteiger partial charge in [-0.15, -0.1) is 0 Å². The summed E-state index contributed by atoms with van der Waals surface area (Å²) in [4.78, 5) is 24.8. The highest BCUT2D eigenvalue weighted by Crippen LogP contribution is 2.29. The largest absolute Gasteiger partial charge is 0.496 e. The van der Waals surface area contributed by atoms with Gasteiger partial charge in [0.05, 0.1) is 12.5 Å². The fourth-order valence-corrected chi connectivity index (χ4v) is 3.02. The fourth-order valence-electron chi connectivity index (χ4n) is 3.02. The zero-order valence-electron chi connectivity index (χ0n) is 15.8.